The summed E-state index contributed by atoms with van der Waals surface area (Å²) < 4.78 is 4.63. The minimum atomic E-state index is -0.383. The molecule has 1 unspecified atom stereocenters. The van der Waals surface area contributed by atoms with Crippen molar-refractivity contribution in [3.05, 3.63) is 11.9 Å². The third-order valence-corrected chi connectivity index (χ3v) is 3.51. The summed E-state index contributed by atoms with van der Waals surface area (Å²) in [6.45, 7) is 3.69. The van der Waals surface area contributed by atoms with E-state index in [0.717, 1.165) is 43.1 Å². The van der Waals surface area contributed by atoms with Crippen molar-refractivity contribution in [2.24, 2.45) is 0 Å². The van der Waals surface area contributed by atoms with Crippen molar-refractivity contribution in [2.75, 3.05) is 37.5 Å². The molecule has 20 heavy (non-hydrogen) atoms. The van der Waals surface area contributed by atoms with Crippen molar-refractivity contribution in [2.45, 2.75) is 25.8 Å². The second-order valence-electron chi connectivity index (χ2n) is 4.70. The number of nitrogens with zero attached hydrogens (tertiary/aromatic N) is 3. The first-order valence-corrected chi connectivity index (χ1v) is 6.80. The molecular weight excluding hydrogens is 258 g/mol. The summed E-state index contributed by atoms with van der Waals surface area (Å²) in [6, 6.07) is 0.0974. The molecule has 1 fully saturated rings. The number of aromatic nitrogens is 2. The van der Waals surface area contributed by atoms with Crippen LogP contribution in [0.2, 0.25) is 0 Å². The van der Waals surface area contributed by atoms with Gasteiger partial charge in [-0.25, -0.2) is 14.8 Å². The predicted octanol–water partition coefficient (Wildman–Crippen LogP) is 1.02. The summed E-state index contributed by atoms with van der Waals surface area (Å²) in [5.41, 5.74) is 1.11. The molecule has 1 aliphatic rings. The molecule has 2 rings (SSSR count). The molecule has 0 spiro atoms. The summed E-state index contributed by atoms with van der Waals surface area (Å²) in [5, 5.41) is 5.93. The highest BCUT2D eigenvalue weighted by Gasteiger charge is 2.27. The van der Waals surface area contributed by atoms with Gasteiger partial charge in [0.25, 0.3) is 0 Å². The molecule has 1 saturated heterocycles. The number of hydrogen-bond acceptors (Lipinski definition) is 6. The van der Waals surface area contributed by atoms with E-state index < -0.39 is 0 Å². The molecule has 0 bridgehead atoms. The maximum absolute atomic E-state index is 11.2. The van der Waals surface area contributed by atoms with Crippen LogP contribution in [0.25, 0.3) is 0 Å². The number of nitrogens with one attached hydrogen (secondary N) is 2. The summed E-state index contributed by atoms with van der Waals surface area (Å²) in [4.78, 5) is 22.1. The molecule has 2 N–H and O–H groups in total. The van der Waals surface area contributed by atoms with E-state index in [1.807, 2.05) is 7.05 Å². The first-order valence-electron chi connectivity index (χ1n) is 6.80. The Bertz CT molecular complexity index is 480. The molecular formula is C13H21N5O2. The molecule has 1 aromatic rings. The third kappa shape index (κ3) is 2.92. The lowest BCUT2D eigenvalue weighted by molar-refractivity contribution is 0.167. The lowest BCUT2D eigenvalue weighted by Gasteiger charge is -2.21. The summed E-state index contributed by atoms with van der Waals surface area (Å²) in [5.74, 6) is 1.81. The van der Waals surface area contributed by atoms with Gasteiger partial charge < -0.3 is 20.3 Å². The van der Waals surface area contributed by atoms with Crippen LogP contribution >= 0.6 is 0 Å². The second kappa shape index (κ2) is 6.40. The molecule has 2 heterocycles. The molecule has 1 atom stereocenters. The fourth-order valence-corrected chi connectivity index (χ4v) is 2.51. The van der Waals surface area contributed by atoms with E-state index in [1.54, 1.807) is 6.33 Å². The van der Waals surface area contributed by atoms with Crippen molar-refractivity contribution < 1.29 is 9.53 Å². The summed E-state index contributed by atoms with van der Waals surface area (Å²) in [7, 11) is 3.23. The minimum absolute atomic E-state index is 0.0974. The van der Waals surface area contributed by atoms with Gasteiger partial charge in [-0.3, -0.25) is 0 Å². The maximum Gasteiger partial charge on any atom is 0.407 e. The van der Waals surface area contributed by atoms with Crippen molar-refractivity contribution >= 4 is 17.7 Å². The molecule has 1 aromatic heterocycles. The lowest BCUT2D eigenvalue weighted by atomic mass is 10.2. The Morgan fingerprint density at radius 2 is 2.35 bits per heavy atom. The maximum atomic E-state index is 11.2. The fourth-order valence-electron chi connectivity index (χ4n) is 2.51. The molecule has 0 radical (unpaired) electrons. The minimum Gasteiger partial charge on any atom is -0.453 e. The molecule has 7 nitrogen and oxygen atoms in total. The molecule has 0 saturated carbocycles. The number of carbonyl (C=O) groups is 1. The van der Waals surface area contributed by atoms with Gasteiger partial charge in [0, 0.05) is 25.7 Å². The smallest absolute Gasteiger partial charge is 0.407 e. The number of ether oxygens (including phenoxy) is 1. The zero-order chi connectivity index (χ0) is 14.5. The molecule has 1 amide bonds. The number of carbonyl (C=O) groups excluding carboxylic acids is 1. The Kier molecular flexibility index (Phi) is 4.60. The number of rotatable bonds is 4. The fraction of sp³-hybridized carbons (Fsp3) is 0.615. The van der Waals surface area contributed by atoms with Crippen LogP contribution in [0.5, 0.6) is 0 Å². The highest BCUT2D eigenvalue weighted by atomic mass is 16.5. The molecule has 110 valence electrons. The van der Waals surface area contributed by atoms with Crippen LogP contribution < -0.4 is 15.5 Å². The Labute approximate surface area is 118 Å². The summed E-state index contributed by atoms with van der Waals surface area (Å²) in [6.07, 6.45) is 2.93. The van der Waals surface area contributed by atoms with Crippen LogP contribution in [0.4, 0.5) is 16.4 Å². The van der Waals surface area contributed by atoms with E-state index in [2.05, 4.69) is 37.2 Å². The zero-order valence-electron chi connectivity index (χ0n) is 12.1. The van der Waals surface area contributed by atoms with Crippen LogP contribution in [0.1, 0.15) is 18.9 Å². The first-order chi connectivity index (χ1) is 9.69. The van der Waals surface area contributed by atoms with Crippen molar-refractivity contribution in [1.29, 1.82) is 0 Å². The van der Waals surface area contributed by atoms with Crippen molar-refractivity contribution in [3.8, 4) is 0 Å². The Morgan fingerprint density at radius 1 is 1.55 bits per heavy atom. The first kappa shape index (κ1) is 14.4. The summed E-state index contributed by atoms with van der Waals surface area (Å²) >= 11 is 0. The van der Waals surface area contributed by atoms with Crippen LogP contribution in [0, 0.1) is 0 Å². The number of alkyl carbamates (subject to hydrolysis) is 1. The van der Waals surface area contributed by atoms with Crippen molar-refractivity contribution in [1.82, 2.24) is 15.3 Å². The second-order valence-corrected chi connectivity index (χ2v) is 4.70. The van der Waals surface area contributed by atoms with Gasteiger partial charge in [0.1, 0.15) is 18.0 Å². The third-order valence-electron chi connectivity index (χ3n) is 3.51. The molecule has 7 heteroatoms. The highest BCUT2D eigenvalue weighted by molar-refractivity contribution is 5.68. The Balaban J connectivity index is 2.12. The lowest BCUT2D eigenvalue weighted by Crippen LogP contribution is -2.37. The van der Waals surface area contributed by atoms with Gasteiger partial charge in [-0.15, -0.1) is 0 Å². The van der Waals surface area contributed by atoms with Crippen LogP contribution in [0.15, 0.2) is 6.33 Å². The van der Waals surface area contributed by atoms with Crippen molar-refractivity contribution in [3.63, 3.8) is 0 Å². The van der Waals surface area contributed by atoms with E-state index in [-0.39, 0.29) is 12.1 Å². The van der Waals surface area contributed by atoms with E-state index in [4.69, 9.17) is 0 Å². The van der Waals surface area contributed by atoms with Gasteiger partial charge in [0.2, 0.25) is 0 Å². The van der Waals surface area contributed by atoms with Gasteiger partial charge in [0.15, 0.2) is 0 Å². The van der Waals surface area contributed by atoms with Gasteiger partial charge in [0.05, 0.1) is 13.2 Å². The Hall–Kier alpha value is -2.05. The number of anilines is 2. The zero-order valence-corrected chi connectivity index (χ0v) is 12.1. The van der Waals surface area contributed by atoms with E-state index in [9.17, 15) is 4.79 Å². The monoisotopic (exact) mass is 279 g/mol. The quantitative estimate of drug-likeness (QED) is 0.856. The number of hydrogen-bond donors (Lipinski definition) is 2. The number of amides is 1. The van der Waals surface area contributed by atoms with Gasteiger partial charge in [-0.2, -0.15) is 0 Å². The molecule has 0 aliphatic carbocycles. The van der Waals surface area contributed by atoms with Crippen LogP contribution in [0.3, 0.4) is 0 Å². The van der Waals surface area contributed by atoms with Crippen LogP contribution in [-0.4, -0.2) is 49.4 Å². The predicted molar refractivity (Wildman–Crippen MR) is 77.1 cm³/mol. The average molecular weight is 279 g/mol. The van der Waals surface area contributed by atoms with Crippen LogP contribution in [-0.2, 0) is 11.2 Å². The normalized spacial score (nSPS) is 17.9. The van der Waals surface area contributed by atoms with E-state index in [0.29, 0.717) is 0 Å². The standard InChI is InChI=1S/C13H21N5O2/c1-4-10-11(14-2)15-8-16-12(10)18-6-5-9(7-18)17-13(19)20-3/h8-9H,4-7H2,1-3H3,(H,17,19)(H,14,15,16). The molecule has 1 aliphatic heterocycles. The molecule has 0 aromatic carbocycles. The van der Waals surface area contributed by atoms with E-state index >= 15 is 0 Å². The SMILES string of the molecule is CCc1c(NC)ncnc1N1CCC(NC(=O)OC)C1. The number of methoxy groups -OCH3 is 1. The largest absolute Gasteiger partial charge is 0.453 e. The highest BCUT2D eigenvalue weighted by Crippen LogP contribution is 2.26. The van der Waals surface area contributed by atoms with Gasteiger partial charge >= 0.3 is 6.09 Å². The van der Waals surface area contributed by atoms with Gasteiger partial charge in [-0.05, 0) is 12.8 Å². The Morgan fingerprint density at radius 3 is 3.00 bits per heavy atom. The average Bonchev–Trinajstić information content (AvgIpc) is 2.94. The topological polar surface area (TPSA) is 79.4 Å². The van der Waals surface area contributed by atoms with Gasteiger partial charge in [-0.1, -0.05) is 6.92 Å². The van der Waals surface area contributed by atoms with E-state index in [1.165, 1.54) is 7.11 Å².